The molecule has 1 aromatic carbocycles. The van der Waals surface area contributed by atoms with Crippen molar-refractivity contribution in [3.63, 3.8) is 0 Å². The molecular weight excluding hydrogens is 297 g/mol. The fraction of sp³-hybridized carbons (Fsp3) is 0.533. The Morgan fingerprint density at radius 2 is 1.86 bits per heavy atom. The van der Waals surface area contributed by atoms with Crippen LogP contribution in [0.15, 0.2) is 24.3 Å². The number of rotatable bonds is 8. The largest absolute Gasteiger partial charge is 0.573 e. The molecule has 2 N–H and O–H groups in total. The van der Waals surface area contributed by atoms with E-state index < -0.39 is 12.4 Å². The van der Waals surface area contributed by atoms with Gasteiger partial charge >= 0.3 is 12.4 Å². The summed E-state index contributed by atoms with van der Waals surface area (Å²) >= 11 is 0. The monoisotopic (exact) mass is 318 g/mol. The van der Waals surface area contributed by atoms with E-state index in [9.17, 15) is 18.0 Å². The highest BCUT2D eigenvalue weighted by Crippen LogP contribution is 2.25. The number of benzene rings is 1. The van der Waals surface area contributed by atoms with Crippen LogP contribution >= 0.6 is 0 Å². The first-order valence-electron chi connectivity index (χ1n) is 7.27. The summed E-state index contributed by atoms with van der Waals surface area (Å²) < 4.78 is 40.7. The second kappa shape index (κ2) is 9.17. The van der Waals surface area contributed by atoms with E-state index in [1.807, 2.05) is 0 Å². The summed E-state index contributed by atoms with van der Waals surface area (Å²) in [6.07, 6.45) is -0.598. The normalized spacial score (nSPS) is 11.1. The number of para-hydroxylation sites is 1. The number of urea groups is 1. The Bertz CT molecular complexity index is 464. The maximum atomic E-state index is 12.3. The van der Waals surface area contributed by atoms with Crippen LogP contribution in [0.4, 0.5) is 18.0 Å². The van der Waals surface area contributed by atoms with Crippen molar-refractivity contribution < 1.29 is 22.7 Å². The van der Waals surface area contributed by atoms with Gasteiger partial charge in [-0.1, -0.05) is 44.4 Å². The fourth-order valence-corrected chi connectivity index (χ4v) is 1.87. The standard InChI is InChI=1S/C15H21F3N2O2/c1-2-3-4-7-10-19-14(21)20-11-12-8-5-6-9-13(12)22-15(16,17)18/h5-6,8-9H,2-4,7,10-11H2,1H3,(H2,19,20,21). The highest BCUT2D eigenvalue weighted by molar-refractivity contribution is 5.73. The number of halogens is 3. The lowest BCUT2D eigenvalue weighted by atomic mass is 10.2. The molecule has 0 radical (unpaired) electrons. The summed E-state index contributed by atoms with van der Waals surface area (Å²) in [7, 11) is 0. The zero-order chi connectivity index (χ0) is 16.4. The van der Waals surface area contributed by atoms with Gasteiger partial charge in [0.1, 0.15) is 5.75 Å². The van der Waals surface area contributed by atoms with E-state index in [0.717, 1.165) is 25.7 Å². The molecule has 1 rings (SSSR count). The predicted molar refractivity (Wildman–Crippen MR) is 77.5 cm³/mol. The molecule has 0 aromatic heterocycles. The molecule has 2 amide bonds. The van der Waals surface area contributed by atoms with Crippen molar-refractivity contribution in [3.05, 3.63) is 29.8 Å². The Morgan fingerprint density at radius 1 is 1.14 bits per heavy atom. The second-order valence-corrected chi connectivity index (χ2v) is 4.83. The summed E-state index contributed by atoms with van der Waals surface area (Å²) in [6.45, 7) is 2.61. The van der Waals surface area contributed by atoms with Crippen LogP contribution in [-0.4, -0.2) is 18.9 Å². The number of amides is 2. The van der Waals surface area contributed by atoms with Crippen LogP contribution in [0.3, 0.4) is 0 Å². The molecule has 0 fully saturated rings. The van der Waals surface area contributed by atoms with Crippen LogP contribution in [0.25, 0.3) is 0 Å². The molecular formula is C15H21F3N2O2. The lowest BCUT2D eigenvalue weighted by Gasteiger charge is -2.14. The molecule has 7 heteroatoms. The topological polar surface area (TPSA) is 50.4 Å². The second-order valence-electron chi connectivity index (χ2n) is 4.83. The predicted octanol–water partition coefficient (Wildman–Crippen LogP) is 3.96. The SMILES string of the molecule is CCCCCCNC(=O)NCc1ccccc1OC(F)(F)F. The van der Waals surface area contributed by atoms with Crippen LogP contribution in [0.1, 0.15) is 38.2 Å². The summed E-state index contributed by atoms with van der Waals surface area (Å²) in [5.74, 6) is -0.307. The van der Waals surface area contributed by atoms with Crippen molar-refractivity contribution in [1.29, 1.82) is 0 Å². The zero-order valence-electron chi connectivity index (χ0n) is 12.5. The zero-order valence-corrected chi connectivity index (χ0v) is 12.5. The highest BCUT2D eigenvalue weighted by Gasteiger charge is 2.31. The van der Waals surface area contributed by atoms with Gasteiger partial charge in [0.25, 0.3) is 0 Å². The number of carbonyl (C=O) groups is 1. The van der Waals surface area contributed by atoms with Crippen molar-refractivity contribution >= 4 is 6.03 Å². The molecule has 0 aliphatic carbocycles. The van der Waals surface area contributed by atoms with E-state index in [4.69, 9.17) is 0 Å². The smallest absolute Gasteiger partial charge is 0.405 e. The van der Waals surface area contributed by atoms with E-state index >= 15 is 0 Å². The third kappa shape index (κ3) is 7.75. The number of alkyl halides is 3. The first-order chi connectivity index (χ1) is 10.4. The van der Waals surface area contributed by atoms with Gasteiger partial charge in [-0.15, -0.1) is 13.2 Å². The molecule has 1 aromatic rings. The summed E-state index contributed by atoms with van der Waals surface area (Å²) in [5.41, 5.74) is 0.265. The van der Waals surface area contributed by atoms with E-state index in [2.05, 4.69) is 22.3 Å². The molecule has 0 saturated heterocycles. The highest BCUT2D eigenvalue weighted by atomic mass is 19.4. The number of hydrogen-bond acceptors (Lipinski definition) is 2. The van der Waals surface area contributed by atoms with E-state index in [1.54, 1.807) is 6.07 Å². The molecule has 0 spiro atoms. The van der Waals surface area contributed by atoms with Crippen molar-refractivity contribution in [2.75, 3.05) is 6.54 Å². The Kier molecular flexibility index (Phi) is 7.56. The van der Waals surface area contributed by atoms with Crippen LogP contribution < -0.4 is 15.4 Å². The molecule has 0 aliphatic heterocycles. The van der Waals surface area contributed by atoms with Crippen molar-refractivity contribution in [1.82, 2.24) is 10.6 Å². The minimum absolute atomic E-state index is 0.0347. The molecule has 0 aliphatic rings. The van der Waals surface area contributed by atoms with Crippen LogP contribution in [0, 0.1) is 0 Å². The number of hydrogen-bond donors (Lipinski definition) is 2. The van der Waals surface area contributed by atoms with Crippen molar-refractivity contribution in [2.45, 2.75) is 45.5 Å². The summed E-state index contributed by atoms with van der Waals surface area (Å²) in [5, 5.41) is 5.19. The van der Waals surface area contributed by atoms with Gasteiger partial charge in [0.2, 0.25) is 0 Å². The molecule has 0 heterocycles. The Balaban J connectivity index is 2.39. The Labute approximate surface area is 128 Å². The Morgan fingerprint density at radius 3 is 2.55 bits per heavy atom. The van der Waals surface area contributed by atoms with Crippen LogP contribution in [0.5, 0.6) is 5.75 Å². The first-order valence-corrected chi connectivity index (χ1v) is 7.27. The lowest BCUT2D eigenvalue weighted by molar-refractivity contribution is -0.274. The quantitative estimate of drug-likeness (QED) is 0.713. The van der Waals surface area contributed by atoms with Gasteiger partial charge in [0, 0.05) is 18.7 Å². The maximum absolute atomic E-state index is 12.3. The number of ether oxygens (including phenoxy) is 1. The van der Waals surface area contributed by atoms with Gasteiger partial charge < -0.3 is 15.4 Å². The molecule has 124 valence electrons. The molecule has 0 saturated carbocycles. The minimum atomic E-state index is -4.75. The van der Waals surface area contributed by atoms with Gasteiger partial charge in [-0.05, 0) is 12.5 Å². The van der Waals surface area contributed by atoms with Crippen molar-refractivity contribution in [2.24, 2.45) is 0 Å². The molecule has 0 unspecified atom stereocenters. The van der Waals surface area contributed by atoms with Gasteiger partial charge in [-0.25, -0.2) is 4.79 Å². The van der Waals surface area contributed by atoms with Gasteiger partial charge in [-0.2, -0.15) is 0 Å². The van der Waals surface area contributed by atoms with Crippen LogP contribution in [-0.2, 0) is 6.54 Å². The lowest BCUT2D eigenvalue weighted by Crippen LogP contribution is -2.35. The van der Waals surface area contributed by atoms with Gasteiger partial charge in [-0.3, -0.25) is 0 Å². The third-order valence-corrected chi connectivity index (χ3v) is 2.95. The first kappa shape index (κ1) is 18.1. The van der Waals surface area contributed by atoms with Crippen molar-refractivity contribution in [3.8, 4) is 5.75 Å². The van der Waals surface area contributed by atoms with E-state index in [-0.39, 0.29) is 17.9 Å². The van der Waals surface area contributed by atoms with Crippen LogP contribution in [0.2, 0.25) is 0 Å². The average Bonchev–Trinajstić information content (AvgIpc) is 2.44. The number of carbonyl (C=O) groups excluding carboxylic acids is 1. The Hall–Kier alpha value is -1.92. The molecule has 0 bridgehead atoms. The fourth-order valence-electron chi connectivity index (χ4n) is 1.87. The average molecular weight is 318 g/mol. The van der Waals surface area contributed by atoms with Gasteiger partial charge in [0.15, 0.2) is 0 Å². The van der Waals surface area contributed by atoms with E-state index in [0.29, 0.717) is 6.54 Å². The van der Waals surface area contributed by atoms with Gasteiger partial charge in [0.05, 0.1) is 0 Å². The number of nitrogens with one attached hydrogen (secondary N) is 2. The summed E-state index contributed by atoms with van der Waals surface area (Å²) in [4.78, 5) is 11.6. The number of unbranched alkanes of at least 4 members (excludes halogenated alkanes) is 3. The molecule has 0 atom stereocenters. The molecule has 22 heavy (non-hydrogen) atoms. The summed E-state index contributed by atoms with van der Waals surface area (Å²) in [6, 6.07) is 5.31. The minimum Gasteiger partial charge on any atom is -0.405 e. The third-order valence-electron chi connectivity index (χ3n) is 2.95. The maximum Gasteiger partial charge on any atom is 0.573 e. The van der Waals surface area contributed by atoms with E-state index in [1.165, 1.54) is 18.2 Å². The molecule has 4 nitrogen and oxygen atoms in total.